The van der Waals surface area contributed by atoms with Gasteiger partial charge in [-0.1, -0.05) is 27.5 Å². The van der Waals surface area contributed by atoms with Crippen molar-refractivity contribution >= 4 is 39.4 Å². The lowest BCUT2D eigenvalue weighted by atomic mass is 10.1. The number of aliphatic hydroxyl groups is 1. The van der Waals surface area contributed by atoms with E-state index in [-0.39, 0.29) is 5.56 Å². The van der Waals surface area contributed by atoms with Gasteiger partial charge in [-0.05, 0) is 25.1 Å². The number of hydrogen-bond acceptors (Lipinski definition) is 3. The molecule has 5 nitrogen and oxygen atoms in total. The fraction of sp³-hybridized carbons (Fsp3) is 0.273. The van der Waals surface area contributed by atoms with Crippen LogP contribution in [-0.2, 0) is 4.79 Å². The highest BCUT2D eigenvalue weighted by atomic mass is 79.9. The molecule has 0 radical (unpaired) electrons. The summed E-state index contributed by atoms with van der Waals surface area (Å²) in [5.74, 6) is -1.93. The van der Waals surface area contributed by atoms with E-state index in [2.05, 4.69) is 21.2 Å². The Morgan fingerprint density at radius 1 is 1.39 bits per heavy atom. The molecule has 0 aromatic heterocycles. The second-order valence-corrected chi connectivity index (χ2v) is 5.04. The van der Waals surface area contributed by atoms with Crippen molar-refractivity contribution in [2.45, 2.75) is 19.1 Å². The molecule has 1 rings (SSSR count). The molecule has 0 saturated heterocycles. The number of benzene rings is 1. The number of carboxylic acids is 1. The molecule has 0 fully saturated rings. The molecule has 0 unspecified atom stereocenters. The van der Waals surface area contributed by atoms with Crippen LogP contribution in [-0.4, -0.2) is 34.2 Å². The van der Waals surface area contributed by atoms with Crippen molar-refractivity contribution in [2.24, 2.45) is 0 Å². The minimum absolute atomic E-state index is 0.210. The second kappa shape index (κ2) is 6.17. The highest BCUT2D eigenvalue weighted by Crippen LogP contribution is 2.19. The fourth-order valence-electron chi connectivity index (χ4n) is 1.30. The van der Waals surface area contributed by atoms with Gasteiger partial charge in [0.1, 0.15) is 0 Å². The third-order valence-electron chi connectivity index (χ3n) is 2.16. The molecule has 18 heavy (non-hydrogen) atoms. The van der Waals surface area contributed by atoms with Crippen LogP contribution in [0.25, 0.3) is 0 Å². The predicted molar refractivity (Wildman–Crippen MR) is 69.7 cm³/mol. The highest BCUT2D eigenvalue weighted by Gasteiger charge is 2.25. The van der Waals surface area contributed by atoms with E-state index >= 15 is 0 Å². The average molecular weight is 337 g/mol. The largest absolute Gasteiger partial charge is 0.480 e. The Hall–Kier alpha value is -1.11. The van der Waals surface area contributed by atoms with Crippen LogP contribution in [0.15, 0.2) is 22.7 Å². The molecule has 98 valence electrons. The molecule has 0 spiro atoms. The topological polar surface area (TPSA) is 86.6 Å². The first-order chi connectivity index (χ1) is 8.31. The number of aliphatic hydroxyl groups excluding tert-OH is 1. The normalized spacial score (nSPS) is 13.8. The van der Waals surface area contributed by atoms with E-state index in [4.69, 9.17) is 16.7 Å². The summed E-state index contributed by atoms with van der Waals surface area (Å²) in [4.78, 5) is 22.6. The van der Waals surface area contributed by atoms with E-state index in [1.807, 2.05) is 0 Å². The molecule has 3 N–H and O–H groups in total. The monoisotopic (exact) mass is 335 g/mol. The number of hydrogen-bond donors (Lipinski definition) is 3. The summed E-state index contributed by atoms with van der Waals surface area (Å²) in [5.41, 5.74) is 0.210. The van der Waals surface area contributed by atoms with Crippen molar-refractivity contribution in [2.75, 3.05) is 0 Å². The Balaban J connectivity index is 2.90. The molecule has 2 atom stereocenters. The Morgan fingerprint density at radius 3 is 2.44 bits per heavy atom. The molecular formula is C11H11BrClNO4. The maximum absolute atomic E-state index is 11.8. The number of rotatable bonds is 4. The number of halogens is 2. The van der Waals surface area contributed by atoms with E-state index in [1.165, 1.54) is 19.1 Å². The molecule has 0 bridgehead atoms. The van der Waals surface area contributed by atoms with Crippen molar-refractivity contribution < 1.29 is 19.8 Å². The zero-order valence-corrected chi connectivity index (χ0v) is 11.7. The van der Waals surface area contributed by atoms with Gasteiger partial charge in [0.15, 0.2) is 6.04 Å². The van der Waals surface area contributed by atoms with Gasteiger partial charge in [-0.2, -0.15) is 0 Å². The molecule has 0 saturated carbocycles. The SMILES string of the molecule is C[C@@H](O)[C@H](NC(=O)c1cc(Cl)cc(Br)c1)C(=O)O. The van der Waals surface area contributed by atoms with E-state index in [9.17, 15) is 14.7 Å². The van der Waals surface area contributed by atoms with E-state index in [1.54, 1.807) is 6.07 Å². The minimum atomic E-state index is -1.37. The summed E-state index contributed by atoms with van der Waals surface area (Å²) in [6.45, 7) is 1.28. The van der Waals surface area contributed by atoms with E-state index in [0.717, 1.165) is 0 Å². The predicted octanol–water partition coefficient (Wildman–Crippen LogP) is 1.67. The molecular weight excluding hydrogens is 325 g/mol. The molecule has 1 amide bonds. The standard InChI is InChI=1S/C11H11BrClNO4/c1-5(15)9(11(17)18)14-10(16)6-2-7(12)4-8(13)3-6/h2-5,9,15H,1H3,(H,14,16)(H,17,18)/t5-,9+/m1/s1. The summed E-state index contributed by atoms with van der Waals surface area (Å²) in [6, 6.07) is 3.14. The molecule has 1 aromatic rings. The number of aliphatic carboxylic acids is 1. The van der Waals surface area contributed by atoms with Crippen LogP contribution in [0.2, 0.25) is 5.02 Å². The zero-order valence-electron chi connectivity index (χ0n) is 9.35. The Bertz CT molecular complexity index is 458. The summed E-state index contributed by atoms with van der Waals surface area (Å²) >= 11 is 8.96. The van der Waals surface area contributed by atoms with Crippen LogP contribution in [0.1, 0.15) is 17.3 Å². The number of nitrogens with one attached hydrogen (secondary N) is 1. The van der Waals surface area contributed by atoms with Gasteiger partial charge in [0.05, 0.1) is 6.10 Å². The van der Waals surface area contributed by atoms with Crippen molar-refractivity contribution in [1.29, 1.82) is 0 Å². The third-order valence-corrected chi connectivity index (χ3v) is 2.84. The highest BCUT2D eigenvalue weighted by molar-refractivity contribution is 9.10. The Kier molecular flexibility index (Phi) is 5.13. The maximum atomic E-state index is 11.8. The lowest BCUT2D eigenvalue weighted by Gasteiger charge is -2.17. The van der Waals surface area contributed by atoms with Crippen molar-refractivity contribution in [3.63, 3.8) is 0 Å². The van der Waals surface area contributed by atoms with Crippen LogP contribution >= 0.6 is 27.5 Å². The summed E-state index contributed by atoms with van der Waals surface area (Å²) in [5, 5.41) is 20.7. The number of carbonyl (C=O) groups excluding carboxylic acids is 1. The molecule has 0 aliphatic rings. The smallest absolute Gasteiger partial charge is 0.328 e. The van der Waals surface area contributed by atoms with E-state index < -0.39 is 24.0 Å². The summed E-state index contributed by atoms with van der Waals surface area (Å²) in [6.07, 6.45) is -1.20. The van der Waals surface area contributed by atoms with Gasteiger partial charge < -0.3 is 15.5 Å². The molecule has 1 aromatic carbocycles. The minimum Gasteiger partial charge on any atom is -0.480 e. The van der Waals surface area contributed by atoms with Gasteiger partial charge in [0, 0.05) is 15.1 Å². The van der Waals surface area contributed by atoms with Crippen LogP contribution in [0, 0.1) is 0 Å². The first kappa shape index (κ1) is 14.9. The van der Waals surface area contributed by atoms with Crippen LogP contribution in [0.4, 0.5) is 0 Å². The maximum Gasteiger partial charge on any atom is 0.328 e. The number of amides is 1. The van der Waals surface area contributed by atoms with Gasteiger partial charge in [0.25, 0.3) is 5.91 Å². The van der Waals surface area contributed by atoms with Gasteiger partial charge in [-0.25, -0.2) is 4.79 Å². The average Bonchev–Trinajstić information content (AvgIpc) is 2.23. The van der Waals surface area contributed by atoms with Gasteiger partial charge in [0.2, 0.25) is 0 Å². The number of carboxylic acid groups (broad SMARTS) is 1. The molecule has 0 aliphatic heterocycles. The van der Waals surface area contributed by atoms with Crippen molar-refractivity contribution in [3.05, 3.63) is 33.3 Å². The molecule has 0 heterocycles. The molecule has 0 aliphatic carbocycles. The lowest BCUT2D eigenvalue weighted by Crippen LogP contribution is -2.47. The third kappa shape index (κ3) is 3.97. The zero-order chi connectivity index (χ0) is 13.9. The first-order valence-corrected chi connectivity index (χ1v) is 6.16. The summed E-state index contributed by atoms with van der Waals surface area (Å²) < 4.78 is 0.601. The van der Waals surface area contributed by atoms with Crippen LogP contribution < -0.4 is 5.32 Å². The van der Waals surface area contributed by atoms with Crippen molar-refractivity contribution in [3.8, 4) is 0 Å². The van der Waals surface area contributed by atoms with Crippen LogP contribution in [0.5, 0.6) is 0 Å². The molecule has 7 heteroatoms. The van der Waals surface area contributed by atoms with Gasteiger partial charge in [-0.3, -0.25) is 4.79 Å². The van der Waals surface area contributed by atoms with Gasteiger partial charge in [-0.15, -0.1) is 0 Å². The van der Waals surface area contributed by atoms with E-state index in [0.29, 0.717) is 9.50 Å². The Labute approximate surface area is 117 Å². The summed E-state index contributed by atoms with van der Waals surface area (Å²) in [7, 11) is 0. The number of carbonyl (C=O) groups is 2. The quantitative estimate of drug-likeness (QED) is 0.780. The first-order valence-electron chi connectivity index (χ1n) is 4.99. The second-order valence-electron chi connectivity index (χ2n) is 3.69. The van der Waals surface area contributed by atoms with Crippen LogP contribution in [0.3, 0.4) is 0 Å². The Morgan fingerprint density at radius 2 is 2.00 bits per heavy atom. The fourth-order valence-corrected chi connectivity index (χ4v) is 2.16. The van der Waals surface area contributed by atoms with Gasteiger partial charge >= 0.3 is 5.97 Å². The van der Waals surface area contributed by atoms with Crippen molar-refractivity contribution in [1.82, 2.24) is 5.32 Å². The lowest BCUT2D eigenvalue weighted by molar-refractivity contribution is -0.141.